The minimum Gasteiger partial charge on any atom is -0.484 e. The Bertz CT molecular complexity index is 393. The van der Waals surface area contributed by atoms with Crippen LogP contribution < -0.4 is 11.1 Å². The zero-order valence-electron chi connectivity index (χ0n) is 10.2. The maximum atomic E-state index is 7.09. The van der Waals surface area contributed by atoms with E-state index < -0.39 is 0 Å². The molecule has 0 bridgehead atoms. The first-order chi connectivity index (χ1) is 8.72. The first-order valence-electron chi connectivity index (χ1n) is 5.45. The van der Waals surface area contributed by atoms with E-state index in [1.54, 1.807) is 11.8 Å². The van der Waals surface area contributed by atoms with Gasteiger partial charge in [-0.05, 0) is 6.92 Å². The lowest BCUT2D eigenvalue weighted by Gasteiger charge is -1.97. The van der Waals surface area contributed by atoms with E-state index in [9.17, 15) is 0 Å². The van der Waals surface area contributed by atoms with E-state index >= 15 is 0 Å². The number of aromatic nitrogens is 1. The van der Waals surface area contributed by atoms with E-state index in [4.69, 9.17) is 15.9 Å². The molecule has 8 heteroatoms. The lowest BCUT2D eigenvalue weighted by molar-refractivity contribution is 0.342. The maximum absolute atomic E-state index is 7.09. The van der Waals surface area contributed by atoms with Crippen molar-refractivity contribution in [2.45, 2.75) is 12.7 Å². The third kappa shape index (κ3) is 6.45. The van der Waals surface area contributed by atoms with Crippen LogP contribution in [0.2, 0.25) is 0 Å². The van der Waals surface area contributed by atoms with Crippen molar-refractivity contribution in [2.24, 2.45) is 10.7 Å². The van der Waals surface area contributed by atoms with Gasteiger partial charge < -0.3 is 15.8 Å². The number of rotatable bonds is 8. The van der Waals surface area contributed by atoms with E-state index in [0.29, 0.717) is 11.7 Å². The van der Waals surface area contributed by atoms with E-state index in [1.165, 1.54) is 17.7 Å². The van der Waals surface area contributed by atoms with Crippen LogP contribution in [0.25, 0.3) is 0 Å². The zero-order chi connectivity index (χ0) is 13.2. The average Bonchev–Trinajstić information content (AvgIpc) is 2.75. The second-order valence-corrected chi connectivity index (χ2v) is 5.17. The number of nitrogens with zero attached hydrogens (tertiary/aromatic N) is 2. The fourth-order valence-electron chi connectivity index (χ4n) is 1.02. The Morgan fingerprint density at radius 2 is 2.61 bits per heavy atom. The fourth-order valence-corrected chi connectivity index (χ4v) is 2.58. The first-order valence-corrected chi connectivity index (χ1v) is 7.49. The van der Waals surface area contributed by atoms with Gasteiger partial charge in [0.15, 0.2) is 17.5 Å². The number of aliphatic imine (C=N–C) groups is 1. The summed E-state index contributed by atoms with van der Waals surface area (Å²) in [5.74, 6) is 1.67. The normalized spacial score (nSPS) is 10.7. The molecule has 0 fully saturated rings. The Hall–Kier alpha value is -1.28. The first kappa shape index (κ1) is 14.8. The summed E-state index contributed by atoms with van der Waals surface area (Å²) in [5.41, 5.74) is 6.21. The third-order valence-corrected chi connectivity index (χ3v) is 3.50. The molecule has 4 N–H and O–H groups in total. The molecule has 1 rings (SSSR count). The van der Waals surface area contributed by atoms with Crippen LogP contribution in [0.3, 0.4) is 0 Å². The topological polar surface area (TPSA) is 96.4 Å². The molecule has 1 heterocycles. The highest BCUT2D eigenvalue weighted by Crippen LogP contribution is 2.19. The molecule has 0 aliphatic carbocycles. The second kappa shape index (κ2) is 8.76. The number of nitrogens with two attached hydrogens (primary N) is 1. The number of thiazole rings is 1. The van der Waals surface area contributed by atoms with Crippen molar-refractivity contribution in [1.29, 1.82) is 5.41 Å². The van der Waals surface area contributed by atoms with E-state index in [1.807, 2.05) is 12.3 Å². The van der Waals surface area contributed by atoms with Gasteiger partial charge in [-0.2, -0.15) is 11.8 Å². The third-order valence-electron chi connectivity index (χ3n) is 1.72. The molecule has 18 heavy (non-hydrogen) atoms. The molecule has 0 spiro atoms. The number of hydrogen-bond acceptors (Lipinski definition) is 6. The molecule has 0 saturated carbocycles. The Kier molecular flexibility index (Phi) is 7.19. The van der Waals surface area contributed by atoms with Gasteiger partial charge in [-0.3, -0.25) is 10.4 Å². The van der Waals surface area contributed by atoms with Crippen molar-refractivity contribution in [3.05, 3.63) is 11.1 Å². The number of ether oxygens (including phenoxy) is 1. The fraction of sp³-hybridized carbons (Fsp3) is 0.500. The molecule has 0 unspecified atom stereocenters. The molecule has 0 aliphatic rings. The molecule has 100 valence electrons. The van der Waals surface area contributed by atoms with Crippen molar-refractivity contribution in [2.75, 3.05) is 24.2 Å². The maximum Gasteiger partial charge on any atom is 0.192 e. The van der Waals surface area contributed by atoms with Gasteiger partial charge in [0.2, 0.25) is 0 Å². The van der Waals surface area contributed by atoms with Crippen molar-refractivity contribution in [1.82, 2.24) is 4.98 Å². The van der Waals surface area contributed by atoms with E-state index in [2.05, 4.69) is 15.3 Å². The highest BCUT2D eigenvalue weighted by molar-refractivity contribution is 7.98. The van der Waals surface area contributed by atoms with E-state index in [0.717, 1.165) is 23.7 Å². The predicted molar refractivity (Wildman–Crippen MR) is 78.8 cm³/mol. The number of hydrogen-bond donors (Lipinski definition) is 3. The van der Waals surface area contributed by atoms with Crippen LogP contribution in [0.4, 0.5) is 5.13 Å². The van der Waals surface area contributed by atoms with Crippen LogP contribution in [-0.2, 0) is 10.5 Å². The summed E-state index contributed by atoms with van der Waals surface area (Å²) >= 11 is 3.21. The molecule has 0 radical (unpaired) electrons. The molecule has 1 aromatic heterocycles. The minimum absolute atomic E-state index is 0.0891. The molecule has 0 amide bonds. The summed E-state index contributed by atoms with van der Waals surface area (Å²) in [6.07, 6.45) is 1.50. The molecule has 0 atom stereocenters. The lowest BCUT2D eigenvalue weighted by atomic mass is 10.6. The highest BCUT2D eigenvalue weighted by atomic mass is 32.2. The molecular weight excluding hydrogens is 270 g/mol. The second-order valence-electron chi connectivity index (χ2n) is 3.20. The van der Waals surface area contributed by atoms with Gasteiger partial charge in [0.05, 0.1) is 18.8 Å². The van der Waals surface area contributed by atoms with Crippen molar-refractivity contribution >= 4 is 40.6 Å². The predicted octanol–water partition coefficient (Wildman–Crippen LogP) is 1.75. The molecule has 0 aromatic carbocycles. The molecule has 6 nitrogen and oxygen atoms in total. The number of guanidine groups is 1. The van der Waals surface area contributed by atoms with Crippen molar-refractivity contribution in [3.8, 4) is 0 Å². The Morgan fingerprint density at radius 3 is 3.33 bits per heavy atom. The minimum atomic E-state index is -0.0891. The summed E-state index contributed by atoms with van der Waals surface area (Å²) in [6, 6.07) is 0. The smallest absolute Gasteiger partial charge is 0.192 e. The van der Waals surface area contributed by atoms with Crippen molar-refractivity contribution in [3.63, 3.8) is 0 Å². The van der Waals surface area contributed by atoms with Gasteiger partial charge in [-0.15, -0.1) is 11.3 Å². The Balaban J connectivity index is 2.15. The van der Waals surface area contributed by atoms with Gasteiger partial charge in [0.1, 0.15) is 0 Å². The highest BCUT2D eigenvalue weighted by Gasteiger charge is 2.02. The van der Waals surface area contributed by atoms with Crippen LogP contribution >= 0.6 is 23.1 Å². The van der Waals surface area contributed by atoms with Crippen molar-refractivity contribution < 1.29 is 4.74 Å². The average molecular weight is 287 g/mol. The molecule has 1 aromatic rings. The SMILES string of the molecule is CCO/C=N\CCSCc1csc(NC(=N)N)n1. The summed E-state index contributed by atoms with van der Waals surface area (Å²) in [7, 11) is 0. The van der Waals surface area contributed by atoms with Gasteiger partial charge >= 0.3 is 0 Å². The number of thioether (sulfide) groups is 1. The van der Waals surface area contributed by atoms with Gasteiger partial charge in [-0.1, -0.05) is 0 Å². The quantitative estimate of drug-likeness (QED) is 0.384. The Morgan fingerprint density at radius 1 is 1.78 bits per heavy atom. The van der Waals surface area contributed by atoms with Crippen LogP contribution in [0.5, 0.6) is 0 Å². The number of nitrogens with one attached hydrogen (secondary N) is 2. The lowest BCUT2D eigenvalue weighted by Crippen LogP contribution is -2.20. The summed E-state index contributed by atoms with van der Waals surface area (Å²) < 4.78 is 4.99. The van der Waals surface area contributed by atoms with Gasteiger partial charge in [0.25, 0.3) is 0 Å². The van der Waals surface area contributed by atoms with E-state index in [-0.39, 0.29) is 5.96 Å². The zero-order valence-corrected chi connectivity index (χ0v) is 11.8. The summed E-state index contributed by atoms with van der Waals surface area (Å²) in [4.78, 5) is 8.39. The molecule has 0 aliphatic heterocycles. The molecular formula is C10H17N5OS2. The largest absolute Gasteiger partial charge is 0.484 e. The monoisotopic (exact) mass is 287 g/mol. The van der Waals surface area contributed by atoms with Gasteiger partial charge in [-0.25, -0.2) is 4.98 Å². The van der Waals surface area contributed by atoms with Gasteiger partial charge in [0, 0.05) is 16.9 Å². The van der Waals surface area contributed by atoms with Crippen LogP contribution in [0, 0.1) is 5.41 Å². The number of anilines is 1. The summed E-state index contributed by atoms with van der Waals surface area (Å²) in [5, 5.41) is 12.4. The van der Waals surface area contributed by atoms with Crippen LogP contribution in [-0.4, -0.2) is 36.2 Å². The van der Waals surface area contributed by atoms with Crippen LogP contribution in [0.1, 0.15) is 12.6 Å². The standard InChI is InChI=1S/C10H17N5OS2/c1-2-16-7-13-3-4-17-5-8-6-18-10(14-8)15-9(11)12/h6-7H,2-5H2,1H3,(H4,11,12,14,15)/b13-7-. The van der Waals surface area contributed by atoms with Crippen LogP contribution in [0.15, 0.2) is 10.4 Å². The molecule has 0 saturated heterocycles. The summed E-state index contributed by atoms with van der Waals surface area (Å²) in [6.45, 7) is 3.32. The Labute approximate surface area is 115 Å².